The van der Waals surface area contributed by atoms with Crippen molar-refractivity contribution < 1.29 is 13.6 Å². The Labute approximate surface area is 115 Å². The van der Waals surface area contributed by atoms with Crippen LogP contribution in [0.4, 0.5) is 8.78 Å². The lowest BCUT2D eigenvalue weighted by Gasteiger charge is -2.15. The van der Waals surface area contributed by atoms with Gasteiger partial charge in [-0.05, 0) is 25.5 Å². The van der Waals surface area contributed by atoms with Crippen molar-refractivity contribution in [2.75, 3.05) is 0 Å². The molecule has 1 aromatic carbocycles. The zero-order chi connectivity index (χ0) is 14.7. The van der Waals surface area contributed by atoms with Crippen LogP contribution in [0.5, 0.6) is 0 Å². The lowest BCUT2D eigenvalue weighted by molar-refractivity contribution is 0.0934. The Kier molecular flexibility index (Phi) is 4.08. The fourth-order valence-corrected chi connectivity index (χ4v) is 1.81. The van der Waals surface area contributed by atoms with Crippen molar-refractivity contribution in [1.29, 1.82) is 0 Å². The zero-order valence-electron chi connectivity index (χ0n) is 11.2. The van der Waals surface area contributed by atoms with E-state index in [2.05, 4.69) is 10.3 Å². The van der Waals surface area contributed by atoms with Gasteiger partial charge in [0.25, 0.3) is 5.91 Å². The Bertz CT molecular complexity index is 626. The second-order valence-corrected chi connectivity index (χ2v) is 4.57. The van der Waals surface area contributed by atoms with Gasteiger partial charge in [0.05, 0.1) is 11.6 Å². The quantitative estimate of drug-likeness (QED) is 0.875. The summed E-state index contributed by atoms with van der Waals surface area (Å²) >= 11 is 0. The number of aromatic nitrogens is 1. The van der Waals surface area contributed by atoms with Gasteiger partial charge in [0.2, 0.25) is 5.95 Å². The highest BCUT2D eigenvalue weighted by Crippen LogP contribution is 2.15. The minimum Gasteiger partial charge on any atom is -0.345 e. The summed E-state index contributed by atoms with van der Waals surface area (Å²) in [6, 6.07) is 8.44. The number of pyridine rings is 1. The first-order valence-electron chi connectivity index (χ1n) is 6.16. The second-order valence-electron chi connectivity index (χ2n) is 4.57. The first-order valence-corrected chi connectivity index (χ1v) is 6.16. The predicted octanol–water partition coefficient (Wildman–Crippen LogP) is 3.16. The number of halogens is 2. The number of carbonyl (C=O) groups is 1. The summed E-state index contributed by atoms with van der Waals surface area (Å²) in [4.78, 5) is 15.1. The summed E-state index contributed by atoms with van der Waals surface area (Å²) in [6.45, 7) is 3.74. The maximum absolute atomic E-state index is 13.5. The number of aryl methyl sites for hydroxylation is 1. The third-order valence-corrected chi connectivity index (χ3v) is 3.02. The Balaban J connectivity index is 2.15. The van der Waals surface area contributed by atoms with E-state index in [1.807, 2.05) is 31.2 Å². The Hall–Kier alpha value is -2.30. The molecule has 1 heterocycles. The zero-order valence-corrected chi connectivity index (χ0v) is 11.2. The topological polar surface area (TPSA) is 42.0 Å². The molecule has 2 aromatic rings. The third-order valence-electron chi connectivity index (χ3n) is 3.02. The fraction of sp³-hybridized carbons (Fsp3) is 0.200. The van der Waals surface area contributed by atoms with E-state index >= 15 is 0 Å². The number of carbonyl (C=O) groups excluding carboxylic acids is 1. The standard InChI is InChI=1S/C15H14F2N2O/c1-9-3-5-11(6-4-9)10(2)19-15(20)12-7-8-18-14(17)13(12)16/h3-8,10H,1-2H3,(H,19,20). The molecule has 1 amide bonds. The van der Waals surface area contributed by atoms with E-state index in [9.17, 15) is 13.6 Å². The van der Waals surface area contributed by atoms with Gasteiger partial charge >= 0.3 is 0 Å². The van der Waals surface area contributed by atoms with Crippen LogP contribution < -0.4 is 5.32 Å². The summed E-state index contributed by atoms with van der Waals surface area (Å²) in [5, 5.41) is 2.63. The van der Waals surface area contributed by atoms with Gasteiger partial charge in [-0.2, -0.15) is 4.39 Å². The van der Waals surface area contributed by atoms with Crippen LogP contribution in [-0.2, 0) is 0 Å². The van der Waals surface area contributed by atoms with Crippen LogP contribution >= 0.6 is 0 Å². The van der Waals surface area contributed by atoms with Gasteiger partial charge in [-0.25, -0.2) is 9.37 Å². The molecule has 0 spiro atoms. The van der Waals surface area contributed by atoms with Crippen molar-refractivity contribution in [3.8, 4) is 0 Å². The van der Waals surface area contributed by atoms with Crippen LogP contribution in [0.15, 0.2) is 36.5 Å². The van der Waals surface area contributed by atoms with Crippen molar-refractivity contribution in [2.45, 2.75) is 19.9 Å². The fourth-order valence-electron chi connectivity index (χ4n) is 1.81. The van der Waals surface area contributed by atoms with Crippen molar-refractivity contribution >= 4 is 5.91 Å². The number of nitrogens with zero attached hydrogens (tertiary/aromatic N) is 1. The van der Waals surface area contributed by atoms with Crippen molar-refractivity contribution in [2.24, 2.45) is 0 Å². The summed E-state index contributed by atoms with van der Waals surface area (Å²) < 4.78 is 26.4. The number of hydrogen-bond acceptors (Lipinski definition) is 2. The highest BCUT2D eigenvalue weighted by atomic mass is 19.2. The molecule has 3 nitrogen and oxygen atoms in total. The number of amides is 1. The average molecular weight is 276 g/mol. The second kappa shape index (κ2) is 5.77. The van der Waals surface area contributed by atoms with Gasteiger partial charge in [-0.15, -0.1) is 0 Å². The molecule has 2 rings (SSSR count). The SMILES string of the molecule is Cc1ccc(C(C)NC(=O)c2ccnc(F)c2F)cc1. The summed E-state index contributed by atoms with van der Waals surface area (Å²) in [5.41, 5.74) is 1.64. The molecule has 5 heteroatoms. The van der Waals surface area contributed by atoms with Crippen LogP contribution in [-0.4, -0.2) is 10.9 Å². The molecule has 1 aromatic heterocycles. The third kappa shape index (κ3) is 2.99. The summed E-state index contributed by atoms with van der Waals surface area (Å²) in [7, 11) is 0. The average Bonchev–Trinajstić information content (AvgIpc) is 2.42. The van der Waals surface area contributed by atoms with Crippen molar-refractivity contribution in [3.63, 3.8) is 0 Å². The van der Waals surface area contributed by atoms with Crippen molar-refractivity contribution in [3.05, 3.63) is 65.0 Å². The van der Waals surface area contributed by atoms with Gasteiger partial charge < -0.3 is 5.32 Å². The molecule has 0 saturated heterocycles. The minimum absolute atomic E-state index is 0.307. The van der Waals surface area contributed by atoms with E-state index in [0.29, 0.717) is 0 Å². The van der Waals surface area contributed by atoms with Gasteiger partial charge in [0.15, 0.2) is 5.82 Å². The monoisotopic (exact) mass is 276 g/mol. The van der Waals surface area contributed by atoms with Gasteiger partial charge in [-0.1, -0.05) is 29.8 Å². The van der Waals surface area contributed by atoms with E-state index in [0.717, 1.165) is 23.4 Å². The molecule has 0 aliphatic heterocycles. The van der Waals surface area contributed by atoms with Crippen LogP contribution in [0.25, 0.3) is 0 Å². The lowest BCUT2D eigenvalue weighted by Crippen LogP contribution is -2.27. The first kappa shape index (κ1) is 14.1. The molecule has 1 unspecified atom stereocenters. The molecule has 0 fully saturated rings. The van der Waals surface area contributed by atoms with Gasteiger partial charge in [0.1, 0.15) is 0 Å². The molecule has 1 atom stereocenters. The lowest BCUT2D eigenvalue weighted by atomic mass is 10.1. The molecular weight excluding hydrogens is 262 g/mol. The Morgan fingerprint density at radius 1 is 1.20 bits per heavy atom. The molecule has 0 bridgehead atoms. The number of nitrogens with one attached hydrogen (secondary N) is 1. The highest BCUT2D eigenvalue weighted by molar-refractivity contribution is 5.94. The number of hydrogen-bond donors (Lipinski definition) is 1. The minimum atomic E-state index is -1.28. The van der Waals surface area contributed by atoms with Crippen molar-refractivity contribution in [1.82, 2.24) is 10.3 Å². The van der Waals surface area contributed by atoms with E-state index in [1.54, 1.807) is 6.92 Å². The molecule has 104 valence electrons. The largest absolute Gasteiger partial charge is 0.345 e. The molecule has 0 aliphatic carbocycles. The Morgan fingerprint density at radius 3 is 2.50 bits per heavy atom. The maximum atomic E-state index is 13.5. The van der Waals surface area contributed by atoms with E-state index in [4.69, 9.17) is 0 Å². The molecule has 0 aliphatic rings. The van der Waals surface area contributed by atoms with Gasteiger partial charge in [-0.3, -0.25) is 4.79 Å². The van der Waals surface area contributed by atoms with Gasteiger partial charge in [0, 0.05) is 6.20 Å². The van der Waals surface area contributed by atoms with E-state index in [1.165, 1.54) is 0 Å². The summed E-state index contributed by atoms with van der Waals surface area (Å²) in [5.74, 6) is -3.18. The van der Waals surface area contributed by atoms with Crippen LogP contribution in [0.2, 0.25) is 0 Å². The normalized spacial score (nSPS) is 12.0. The van der Waals surface area contributed by atoms with Crippen LogP contribution in [0.1, 0.15) is 34.5 Å². The maximum Gasteiger partial charge on any atom is 0.254 e. The number of benzene rings is 1. The summed E-state index contributed by atoms with van der Waals surface area (Å²) in [6.07, 6.45) is 1.06. The molecule has 20 heavy (non-hydrogen) atoms. The smallest absolute Gasteiger partial charge is 0.254 e. The highest BCUT2D eigenvalue weighted by Gasteiger charge is 2.18. The first-order chi connectivity index (χ1) is 9.49. The molecule has 0 saturated carbocycles. The van der Waals surface area contributed by atoms with Crippen LogP contribution in [0, 0.1) is 18.7 Å². The predicted molar refractivity (Wildman–Crippen MR) is 71.2 cm³/mol. The molecular formula is C15H14F2N2O. The Morgan fingerprint density at radius 2 is 1.85 bits per heavy atom. The molecule has 0 radical (unpaired) electrons. The van der Waals surface area contributed by atoms with E-state index < -0.39 is 17.7 Å². The van der Waals surface area contributed by atoms with Crippen LogP contribution in [0.3, 0.4) is 0 Å². The number of rotatable bonds is 3. The van der Waals surface area contributed by atoms with E-state index in [-0.39, 0.29) is 11.6 Å². The molecule has 1 N–H and O–H groups in total.